The zero-order valence-corrected chi connectivity index (χ0v) is 10.2. The molecule has 1 heterocycles. The van der Waals surface area contributed by atoms with Gasteiger partial charge < -0.3 is 5.11 Å². The van der Waals surface area contributed by atoms with Gasteiger partial charge in [0.25, 0.3) is 0 Å². The minimum absolute atomic E-state index is 0.200. The van der Waals surface area contributed by atoms with Crippen LogP contribution in [0.25, 0.3) is 0 Å². The summed E-state index contributed by atoms with van der Waals surface area (Å²) in [5.74, 6) is 0. The topological polar surface area (TPSA) is 26.7 Å². The number of aliphatic hydroxyl groups excluding tert-OH is 1. The molecule has 0 radical (unpaired) electrons. The quantitative estimate of drug-likeness (QED) is 0.703. The van der Waals surface area contributed by atoms with Gasteiger partial charge in [0, 0.05) is 39.3 Å². The Hall–Kier alpha value is -0.380. The zero-order valence-electron chi connectivity index (χ0n) is 10.2. The number of rotatable bonds is 4. The standard InChI is InChI=1S/C12H24N2O/c1-11(2)4-5-13-6-8-14(9-7-13)10-12(3)15/h4,12,15H,5-10H2,1-3H3/t12-/m0/s1. The van der Waals surface area contributed by atoms with Crippen molar-refractivity contribution in [3.8, 4) is 0 Å². The Morgan fingerprint density at radius 1 is 1.20 bits per heavy atom. The van der Waals surface area contributed by atoms with Crippen LogP contribution in [-0.2, 0) is 0 Å². The highest BCUT2D eigenvalue weighted by Gasteiger charge is 2.16. The van der Waals surface area contributed by atoms with Crippen LogP contribution < -0.4 is 0 Å². The van der Waals surface area contributed by atoms with Gasteiger partial charge in [0.15, 0.2) is 0 Å². The maximum atomic E-state index is 9.28. The lowest BCUT2D eigenvalue weighted by molar-refractivity contribution is 0.0851. The van der Waals surface area contributed by atoms with Crippen molar-refractivity contribution in [3.63, 3.8) is 0 Å². The first-order valence-electron chi connectivity index (χ1n) is 5.84. The summed E-state index contributed by atoms with van der Waals surface area (Å²) >= 11 is 0. The van der Waals surface area contributed by atoms with Crippen molar-refractivity contribution in [2.75, 3.05) is 39.3 Å². The molecule has 0 amide bonds. The van der Waals surface area contributed by atoms with Crippen LogP contribution in [0.1, 0.15) is 20.8 Å². The fraction of sp³-hybridized carbons (Fsp3) is 0.833. The summed E-state index contributed by atoms with van der Waals surface area (Å²) in [6.07, 6.45) is 2.08. The molecule has 1 atom stereocenters. The van der Waals surface area contributed by atoms with Crippen LogP contribution in [0.4, 0.5) is 0 Å². The van der Waals surface area contributed by atoms with E-state index in [1.54, 1.807) is 0 Å². The van der Waals surface area contributed by atoms with Crippen molar-refractivity contribution in [2.45, 2.75) is 26.9 Å². The van der Waals surface area contributed by atoms with Gasteiger partial charge in [-0.3, -0.25) is 9.80 Å². The molecule has 0 saturated carbocycles. The van der Waals surface area contributed by atoms with Crippen molar-refractivity contribution in [3.05, 3.63) is 11.6 Å². The van der Waals surface area contributed by atoms with Gasteiger partial charge >= 0.3 is 0 Å². The summed E-state index contributed by atoms with van der Waals surface area (Å²) in [4.78, 5) is 4.80. The van der Waals surface area contributed by atoms with E-state index >= 15 is 0 Å². The number of hydrogen-bond acceptors (Lipinski definition) is 3. The molecule has 3 heteroatoms. The highest BCUT2D eigenvalue weighted by molar-refractivity contribution is 4.95. The Bertz CT molecular complexity index is 202. The molecule has 1 saturated heterocycles. The molecule has 1 N–H and O–H groups in total. The van der Waals surface area contributed by atoms with E-state index in [9.17, 15) is 5.11 Å². The van der Waals surface area contributed by atoms with Crippen LogP contribution in [0, 0.1) is 0 Å². The molecule has 88 valence electrons. The van der Waals surface area contributed by atoms with E-state index in [1.165, 1.54) is 5.57 Å². The van der Waals surface area contributed by atoms with Crippen LogP contribution in [-0.4, -0.2) is 60.3 Å². The predicted molar refractivity (Wildman–Crippen MR) is 64.0 cm³/mol. The van der Waals surface area contributed by atoms with E-state index in [2.05, 4.69) is 29.7 Å². The molecular weight excluding hydrogens is 188 g/mol. The van der Waals surface area contributed by atoms with Crippen molar-refractivity contribution < 1.29 is 5.11 Å². The Kier molecular flexibility index (Phi) is 5.29. The molecule has 0 unspecified atom stereocenters. The molecule has 15 heavy (non-hydrogen) atoms. The number of β-amino-alcohol motifs (C(OH)–C–C–N with tert-alkyl or cyclic N) is 1. The Balaban J connectivity index is 2.21. The summed E-state index contributed by atoms with van der Waals surface area (Å²) in [6.45, 7) is 12.4. The Morgan fingerprint density at radius 3 is 2.20 bits per heavy atom. The molecule has 0 bridgehead atoms. The first-order valence-corrected chi connectivity index (χ1v) is 5.84. The zero-order chi connectivity index (χ0) is 11.3. The van der Waals surface area contributed by atoms with Crippen molar-refractivity contribution in [2.24, 2.45) is 0 Å². The molecule has 0 aliphatic carbocycles. The lowest BCUT2D eigenvalue weighted by atomic mass is 10.2. The van der Waals surface area contributed by atoms with E-state index in [0.717, 1.165) is 39.3 Å². The van der Waals surface area contributed by atoms with Gasteiger partial charge in [0.05, 0.1) is 6.10 Å². The van der Waals surface area contributed by atoms with Gasteiger partial charge in [-0.1, -0.05) is 11.6 Å². The van der Waals surface area contributed by atoms with Crippen LogP contribution in [0.5, 0.6) is 0 Å². The molecule has 0 spiro atoms. The van der Waals surface area contributed by atoms with Crippen molar-refractivity contribution >= 4 is 0 Å². The van der Waals surface area contributed by atoms with Gasteiger partial charge in [-0.05, 0) is 20.8 Å². The predicted octanol–water partition coefficient (Wildman–Crippen LogP) is 0.951. The minimum atomic E-state index is -0.200. The number of piperazine rings is 1. The van der Waals surface area contributed by atoms with Gasteiger partial charge in [0.1, 0.15) is 0 Å². The summed E-state index contributed by atoms with van der Waals surface area (Å²) in [5, 5.41) is 9.28. The van der Waals surface area contributed by atoms with Gasteiger partial charge in [-0.2, -0.15) is 0 Å². The third-order valence-electron chi connectivity index (χ3n) is 2.75. The Morgan fingerprint density at radius 2 is 1.73 bits per heavy atom. The smallest absolute Gasteiger partial charge is 0.0639 e. The van der Waals surface area contributed by atoms with Gasteiger partial charge in [0.2, 0.25) is 0 Å². The third-order valence-corrected chi connectivity index (χ3v) is 2.75. The van der Waals surface area contributed by atoms with Gasteiger partial charge in [-0.15, -0.1) is 0 Å². The average molecular weight is 212 g/mol. The lowest BCUT2D eigenvalue weighted by Crippen LogP contribution is -2.48. The normalized spacial score (nSPS) is 21.3. The maximum Gasteiger partial charge on any atom is 0.0639 e. The second-order valence-electron chi connectivity index (χ2n) is 4.73. The summed E-state index contributed by atoms with van der Waals surface area (Å²) in [7, 11) is 0. The number of allylic oxidation sites excluding steroid dienone is 1. The highest BCUT2D eigenvalue weighted by atomic mass is 16.3. The lowest BCUT2D eigenvalue weighted by Gasteiger charge is -2.34. The molecule has 1 aliphatic rings. The fourth-order valence-electron chi connectivity index (χ4n) is 1.84. The molecule has 1 fully saturated rings. The van der Waals surface area contributed by atoms with E-state index < -0.39 is 0 Å². The molecule has 0 aromatic heterocycles. The summed E-state index contributed by atoms with van der Waals surface area (Å²) < 4.78 is 0. The van der Waals surface area contributed by atoms with E-state index in [-0.39, 0.29) is 6.10 Å². The monoisotopic (exact) mass is 212 g/mol. The summed E-state index contributed by atoms with van der Waals surface area (Å²) in [5.41, 5.74) is 1.39. The summed E-state index contributed by atoms with van der Waals surface area (Å²) in [6, 6.07) is 0. The largest absolute Gasteiger partial charge is 0.392 e. The number of nitrogens with zero attached hydrogens (tertiary/aromatic N) is 2. The van der Waals surface area contributed by atoms with Crippen molar-refractivity contribution in [1.82, 2.24) is 9.80 Å². The third kappa shape index (κ3) is 5.30. The maximum absolute atomic E-state index is 9.28. The van der Waals surface area contributed by atoms with E-state index in [0.29, 0.717) is 0 Å². The molecule has 1 rings (SSSR count). The second kappa shape index (κ2) is 6.26. The highest BCUT2D eigenvalue weighted by Crippen LogP contribution is 2.03. The molecule has 1 aliphatic heterocycles. The minimum Gasteiger partial charge on any atom is -0.392 e. The second-order valence-corrected chi connectivity index (χ2v) is 4.73. The van der Waals surface area contributed by atoms with Crippen LogP contribution in [0.3, 0.4) is 0 Å². The van der Waals surface area contributed by atoms with E-state index in [1.807, 2.05) is 6.92 Å². The average Bonchev–Trinajstić information content (AvgIpc) is 2.16. The molecular formula is C12H24N2O. The van der Waals surface area contributed by atoms with Crippen LogP contribution in [0.2, 0.25) is 0 Å². The van der Waals surface area contributed by atoms with Gasteiger partial charge in [-0.25, -0.2) is 0 Å². The van der Waals surface area contributed by atoms with E-state index in [4.69, 9.17) is 0 Å². The van der Waals surface area contributed by atoms with Crippen LogP contribution in [0.15, 0.2) is 11.6 Å². The first-order chi connectivity index (χ1) is 7.08. The van der Waals surface area contributed by atoms with Crippen LogP contribution >= 0.6 is 0 Å². The molecule has 0 aromatic rings. The number of hydrogen-bond donors (Lipinski definition) is 1. The molecule has 0 aromatic carbocycles. The number of aliphatic hydroxyl groups is 1. The molecule has 3 nitrogen and oxygen atoms in total. The fourth-order valence-corrected chi connectivity index (χ4v) is 1.84. The Labute approximate surface area is 93.4 Å². The van der Waals surface area contributed by atoms with Crippen molar-refractivity contribution in [1.29, 1.82) is 0 Å². The SMILES string of the molecule is CC(C)=CCN1CCN(C[C@H](C)O)CC1. The first kappa shape index (κ1) is 12.7.